The Labute approximate surface area is 200 Å². The van der Waals surface area contributed by atoms with Gasteiger partial charge in [0.05, 0.1) is 11.1 Å². The van der Waals surface area contributed by atoms with Gasteiger partial charge in [0.1, 0.15) is 11.6 Å². The number of amides is 1. The van der Waals surface area contributed by atoms with Crippen LogP contribution in [-0.2, 0) is 6.18 Å². The maximum Gasteiger partial charge on any atom is 0.419 e. The Morgan fingerprint density at radius 3 is 2.43 bits per heavy atom. The van der Waals surface area contributed by atoms with Gasteiger partial charge in [-0.2, -0.15) is 18.2 Å². The van der Waals surface area contributed by atoms with Crippen molar-refractivity contribution < 1.29 is 22.4 Å². The van der Waals surface area contributed by atoms with Crippen molar-refractivity contribution in [1.29, 1.82) is 0 Å². The molecule has 1 fully saturated rings. The molecule has 1 saturated carbocycles. The Bertz CT molecular complexity index is 1210. The third-order valence-corrected chi connectivity index (χ3v) is 6.27. The van der Waals surface area contributed by atoms with Crippen LogP contribution in [0.2, 0.25) is 0 Å². The molecule has 1 aliphatic rings. The quantitative estimate of drug-likeness (QED) is 0.463. The normalized spacial score (nSPS) is 18.3. The lowest BCUT2D eigenvalue weighted by Crippen LogP contribution is -2.34. The van der Waals surface area contributed by atoms with Crippen molar-refractivity contribution in [1.82, 2.24) is 15.3 Å². The van der Waals surface area contributed by atoms with Gasteiger partial charge in [-0.25, -0.2) is 9.37 Å². The molecule has 1 aromatic heterocycles. The van der Waals surface area contributed by atoms with Gasteiger partial charge < -0.3 is 15.5 Å². The van der Waals surface area contributed by atoms with Crippen molar-refractivity contribution >= 4 is 28.6 Å². The minimum atomic E-state index is -4.79. The molecule has 0 bridgehead atoms. The van der Waals surface area contributed by atoms with Crippen molar-refractivity contribution in [3.8, 4) is 0 Å². The fourth-order valence-corrected chi connectivity index (χ4v) is 4.38. The fourth-order valence-electron chi connectivity index (χ4n) is 4.38. The van der Waals surface area contributed by atoms with E-state index in [4.69, 9.17) is 0 Å². The monoisotopic (exact) mass is 489 g/mol. The number of anilines is 2. The topological polar surface area (TPSA) is 70.2 Å². The van der Waals surface area contributed by atoms with Crippen LogP contribution in [0.4, 0.5) is 29.3 Å². The Morgan fingerprint density at radius 1 is 1.06 bits per heavy atom. The van der Waals surface area contributed by atoms with Crippen LogP contribution >= 0.6 is 0 Å². The highest BCUT2D eigenvalue weighted by molar-refractivity contribution is 5.94. The lowest BCUT2D eigenvalue weighted by atomic mass is 9.86. The SMILES string of the molecule is CN(C)c1nc(N[C@H]2CC[C@@H](CNC(=O)c3ccc(C(F)(F)F)c(F)c3)CC2)nc2ccccc12. The van der Waals surface area contributed by atoms with E-state index in [0.717, 1.165) is 48.5 Å². The second-order valence-corrected chi connectivity index (χ2v) is 9.05. The van der Waals surface area contributed by atoms with E-state index in [9.17, 15) is 22.4 Å². The van der Waals surface area contributed by atoms with E-state index in [0.29, 0.717) is 24.6 Å². The summed E-state index contributed by atoms with van der Waals surface area (Å²) in [4.78, 5) is 23.6. The molecule has 4 rings (SSSR count). The summed E-state index contributed by atoms with van der Waals surface area (Å²) >= 11 is 0. The van der Waals surface area contributed by atoms with Gasteiger partial charge >= 0.3 is 6.18 Å². The molecule has 186 valence electrons. The van der Waals surface area contributed by atoms with Gasteiger partial charge in [-0.05, 0) is 61.9 Å². The van der Waals surface area contributed by atoms with E-state index >= 15 is 0 Å². The standard InChI is InChI=1S/C25H27F4N5O/c1-34(2)22-18-5-3-4-6-21(18)32-24(33-22)31-17-10-7-15(8-11-17)14-30-23(35)16-9-12-19(20(26)13-16)25(27,28)29/h3-6,9,12-13,15,17H,7-8,10-11,14H2,1-2H3,(H,30,35)(H,31,32,33)/t15-,17+. The minimum absolute atomic E-state index is 0.129. The molecule has 0 aliphatic heterocycles. The smallest absolute Gasteiger partial charge is 0.362 e. The predicted molar refractivity (Wildman–Crippen MR) is 127 cm³/mol. The summed E-state index contributed by atoms with van der Waals surface area (Å²) in [6, 6.07) is 10.3. The summed E-state index contributed by atoms with van der Waals surface area (Å²) in [5.74, 6) is -0.391. The summed E-state index contributed by atoms with van der Waals surface area (Å²) in [6.07, 6.45) is -1.36. The van der Waals surface area contributed by atoms with Crippen LogP contribution in [0.15, 0.2) is 42.5 Å². The molecule has 0 spiro atoms. The summed E-state index contributed by atoms with van der Waals surface area (Å²) in [7, 11) is 3.88. The Hall–Kier alpha value is -3.43. The second-order valence-electron chi connectivity index (χ2n) is 9.05. The van der Waals surface area contributed by atoms with Crippen molar-refractivity contribution in [3.63, 3.8) is 0 Å². The number of halogens is 4. The van der Waals surface area contributed by atoms with Crippen LogP contribution < -0.4 is 15.5 Å². The zero-order chi connectivity index (χ0) is 25.2. The number of hydrogen-bond acceptors (Lipinski definition) is 5. The van der Waals surface area contributed by atoms with Gasteiger partial charge in [-0.1, -0.05) is 12.1 Å². The maximum atomic E-state index is 13.8. The van der Waals surface area contributed by atoms with Crippen LogP contribution in [0.1, 0.15) is 41.6 Å². The minimum Gasteiger partial charge on any atom is -0.362 e. The molecule has 3 aromatic rings. The third kappa shape index (κ3) is 5.80. The number of carbonyl (C=O) groups is 1. The van der Waals surface area contributed by atoms with E-state index in [2.05, 4.69) is 20.6 Å². The van der Waals surface area contributed by atoms with Crippen LogP contribution in [0, 0.1) is 11.7 Å². The number of para-hydroxylation sites is 1. The van der Waals surface area contributed by atoms with E-state index in [1.165, 1.54) is 0 Å². The average Bonchev–Trinajstić information content (AvgIpc) is 2.82. The zero-order valence-corrected chi connectivity index (χ0v) is 19.5. The Balaban J connectivity index is 1.30. The van der Waals surface area contributed by atoms with Crippen LogP contribution in [0.3, 0.4) is 0 Å². The third-order valence-electron chi connectivity index (χ3n) is 6.27. The highest BCUT2D eigenvalue weighted by Gasteiger charge is 2.34. The number of nitrogens with one attached hydrogen (secondary N) is 2. The molecule has 1 heterocycles. The highest BCUT2D eigenvalue weighted by atomic mass is 19.4. The summed E-state index contributed by atoms with van der Waals surface area (Å²) < 4.78 is 51.9. The van der Waals surface area contributed by atoms with Crippen molar-refractivity contribution in [2.75, 3.05) is 30.9 Å². The largest absolute Gasteiger partial charge is 0.419 e. The first-order chi connectivity index (χ1) is 16.6. The molecular formula is C25H27F4N5O. The van der Waals surface area contributed by atoms with Gasteiger partial charge in [0.2, 0.25) is 5.95 Å². The predicted octanol–water partition coefficient (Wildman–Crippen LogP) is 5.25. The number of rotatable bonds is 6. The van der Waals surface area contributed by atoms with Crippen molar-refractivity contribution in [3.05, 3.63) is 59.4 Å². The van der Waals surface area contributed by atoms with Gasteiger partial charge in [-0.15, -0.1) is 0 Å². The number of aromatic nitrogens is 2. The van der Waals surface area contributed by atoms with E-state index < -0.39 is 23.5 Å². The Kier molecular flexibility index (Phi) is 7.09. The first kappa shape index (κ1) is 24.7. The van der Waals surface area contributed by atoms with Crippen LogP contribution in [0.25, 0.3) is 10.9 Å². The van der Waals surface area contributed by atoms with Crippen LogP contribution in [-0.4, -0.2) is 42.6 Å². The number of carbonyl (C=O) groups excluding carboxylic acids is 1. The lowest BCUT2D eigenvalue weighted by molar-refractivity contribution is -0.140. The van der Waals surface area contributed by atoms with Gasteiger partial charge in [0, 0.05) is 37.6 Å². The van der Waals surface area contributed by atoms with E-state index in [-0.39, 0.29) is 17.5 Å². The van der Waals surface area contributed by atoms with Crippen molar-refractivity contribution in [2.24, 2.45) is 5.92 Å². The number of fused-ring (bicyclic) bond motifs is 1. The zero-order valence-electron chi connectivity index (χ0n) is 19.5. The average molecular weight is 490 g/mol. The summed E-state index contributed by atoms with van der Waals surface area (Å²) in [6.45, 7) is 0.380. The van der Waals surface area contributed by atoms with Crippen LogP contribution in [0.5, 0.6) is 0 Å². The van der Waals surface area contributed by atoms with Crippen molar-refractivity contribution in [2.45, 2.75) is 37.9 Å². The molecule has 0 atom stereocenters. The molecule has 2 N–H and O–H groups in total. The van der Waals surface area contributed by atoms with Gasteiger partial charge in [0.15, 0.2) is 0 Å². The molecule has 2 aromatic carbocycles. The van der Waals surface area contributed by atoms with Gasteiger partial charge in [-0.3, -0.25) is 4.79 Å². The molecule has 0 unspecified atom stereocenters. The highest BCUT2D eigenvalue weighted by Crippen LogP contribution is 2.32. The van der Waals surface area contributed by atoms with E-state index in [1.54, 1.807) is 0 Å². The van der Waals surface area contributed by atoms with Gasteiger partial charge in [0.25, 0.3) is 5.91 Å². The second kappa shape index (κ2) is 10.1. The maximum absolute atomic E-state index is 13.8. The molecule has 1 aliphatic carbocycles. The number of hydrogen-bond donors (Lipinski definition) is 2. The lowest BCUT2D eigenvalue weighted by Gasteiger charge is -2.29. The molecule has 35 heavy (non-hydrogen) atoms. The molecule has 0 saturated heterocycles. The number of nitrogens with zero attached hydrogens (tertiary/aromatic N) is 3. The molecular weight excluding hydrogens is 462 g/mol. The summed E-state index contributed by atoms with van der Waals surface area (Å²) in [5, 5.41) is 7.14. The first-order valence-corrected chi connectivity index (χ1v) is 11.5. The van der Waals surface area contributed by atoms with E-state index in [1.807, 2.05) is 43.3 Å². The molecule has 6 nitrogen and oxygen atoms in total. The summed E-state index contributed by atoms with van der Waals surface area (Å²) in [5.41, 5.74) is -0.645. The molecule has 0 radical (unpaired) electrons. The molecule has 10 heteroatoms. The first-order valence-electron chi connectivity index (χ1n) is 11.5. The Morgan fingerprint density at radius 2 is 1.77 bits per heavy atom. The fraction of sp³-hybridized carbons (Fsp3) is 0.400. The molecule has 1 amide bonds. The number of benzene rings is 2. The number of alkyl halides is 3.